The number of carbonyl (C=O) groups excluding carboxylic acids is 2. The fourth-order valence-corrected chi connectivity index (χ4v) is 2.10. The van der Waals surface area contributed by atoms with E-state index in [2.05, 4.69) is 5.32 Å². The van der Waals surface area contributed by atoms with E-state index >= 15 is 0 Å². The molecule has 0 unspecified atom stereocenters. The largest absolute Gasteiger partial charge is 0.507 e. The van der Waals surface area contributed by atoms with E-state index in [9.17, 15) is 19.5 Å². The van der Waals surface area contributed by atoms with E-state index in [1.807, 2.05) is 0 Å². The van der Waals surface area contributed by atoms with Crippen LogP contribution in [-0.2, 0) is 14.4 Å². The zero-order chi connectivity index (χ0) is 19.8. The maximum atomic E-state index is 12.0. The predicted molar refractivity (Wildman–Crippen MR) is 100 cm³/mol. The van der Waals surface area contributed by atoms with Gasteiger partial charge in [-0.3, -0.25) is 9.59 Å². The van der Waals surface area contributed by atoms with Crippen molar-refractivity contribution in [2.75, 3.05) is 12.4 Å². The van der Waals surface area contributed by atoms with Gasteiger partial charge < -0.3 is 20.3 Å². The number of anilines is 1. The first-order chi connectivity index (χ1) is 12.9. The minimum Gasteiger partial charge on any atom is -0.507 e. The second-order valence-electron chi connectivity index (χ2n) is 5.38. The number of amides is 1. The smallest absolute Gasteiger partial charge is 0.376 e. The Morgan fingerprint density at radius 3 is 2.37 bits per heavy atom. The Bertz CT molecular complexity index is 912. The third-order valence-electron chi connectivity index (χ3n) is 3.45. The number of nitrogens with one attached hydrogen (secondary N) is 1. The summed E-state index contributed by atoms with van der Waals surface area (Å²) in [6.45, 7) is 0. The topological polar surface area (TPSA) is 113 Å². The summed E-state index contributed by atoms with van der Waals surface area (Å²) in [6.07, 6.45) is 3.58. The average molecular weight is 367 g/mol. The normalized spacial score (nSPS) is 11.2. The summed E-state index contributed by atoms with van der Waals surface area (Å²) in [7, 11) is 1.57. The first-order valence-electron chi connectivity index (χ1n) is 7.80. The number of ketones is 1. The van der Waals surface area contributed by atoms with Gasteiger partial charge in [-0.05, 0) is 35.9 Å². The summed E-state index contributed by atoms with van der Waals surface area (Å²) in [5.74, 6) is -3.11. The number of aliphatic carboxylic acids is 1. The number of hydrogen-bond acceptors (Lipinski definition) is 5. The van der Waals surface area contributed by atoms with E-state index in [0.717, 1.165) is 5.56 Å². The number of carboxylic acids is 1. The molecule has 0 aliphatic carbocycles. The van der Waals surface area contributed by atoms with Crippen molar-refractivity contribution in [1.29, 1.82) is 0 Å². The van der Waals surface area contributed by atoms with Crippen molar-refractivity contribution in [3.63, 3.8) is 0 Å². The summed E-state index contributed by atoms with van der Waals surface area (Å²) < 4.78 is 5.06. The van der Waals surface area contributed by atoms with E-state index in [1.165, 1.54) is 18.2 Å². The molecular formula is C20H17NO6. The van der Waals surface area contributed by atoms with Gasteiger partial charge in [0.25, 0.3) is 5.78 Å². The molecule has 0 aliphatic heterocycles. The number of carboxylic acid groups (broad SMARTS) is 1. The molecule has 0 bridgehead atoms. The Balaban J connectivity index is 2.06. The van der Waals surface area contributed by atoms with Gasteiger partial charge in [0.1, 0.15) is 11.5 Å². The molecule has 0 heterocycles. The highest BCUT2D eigenvalue weighted by atomic mass is 16.5. The molecule has 138 valence electrons. The number of aliphatic hydroxyl groups is 1. The van der Waals surface area contributed by atoms with E-state index < -0.39 is 23.4 Å². The molecule has 2 aromatic rings. The molecule has 0 fully saturated rings. The van der Waals surface area contributed by atoms with E-state index in [4.69, 9.17) is 9.84 Å². The minimum atomic E-state index is -1.67. The van der Waals surface area contributed by atoms with Gasteiger partial charge in [0.15, 0.2) is 0 Å². The van der Waals surface area contributed by atoms with Gasteiger partial charge in [-0.1, -0.05) is 24.3 Å². The number of aliphatic hydroxyl groups excluding tert-OH is 1. The predicted octanol–water partition coefficient (Wildman–Crippen LogP) is 2.90. The lowest BCUT2D eigenvalue weighted by molar-refractivity contribution is -0.146. The number of rotatable bonds is 7. The highest BCUT2D eigenvalue weighted by Crippen LogP contribution is 2.17. The summed E-state index contributed by atoms with van der Waals surface area (Å²) >= 11 is 0. The molecule has 7 heteroatoms. The number of carbonyl (C=O) groups is 3. The third-order valence-corrected chi connectivity index (χ3v) is 3.45. The summed E-state index contributed by atoms with van der Waals surface area (Å²) in [4.78, 5) is 33.7. The van der Waals surface area contributed by atoms with Crippen molar-refractivity contribution in [1.82, 2.24) is 0 Å². The number of hydrogen-bond donors (Lipinski definition) is 3. The van der Waals surface area contributed by atoms with Crippen LogP contribution in [0.25, 0.3) is 11.8 Å². The lowest BCUT2D eigenvalue weighted by Gasteiger charge is -2.05. The van der Waals surface area contributed by atoms with Crippen LogP contribution in [0.5, 0.6) is 5.75 Å². The Morgan fingerprint density at radius 1 is 1.04 bits per heavy atom. The molecule has 0 radical (unpaired) electrons. The molecule has 3 N–H and O–H groups in total. The van der Waals surface area contributed by atoms with Gasteiger partial charge in [-0.25, -0.2) is 4.79 Å². The van der Waals surface area contributed by atoms with E-state index in [0.29, 0.717) is 17.5 Å². The van der Waals surface area contributed by atoms with Crippen LogP contribution >= 0.6 is 0 Å². The Labute approximate surface area is 155 Å². The summed E-state index contributed by atoms with van der Waals surface area (Å²) in [5, 5.41) is 21.0. The number of ether oxygens (including phenoxy) is 1. The number of methoxy groups -OCH3 is 1. The van der Waals surface area contributed by atoms with Gasteiger partial charge in [0.05, 0.1) is 7.11 Å². The monoisotopic (exact) mass is 367 g/mol. The zero-order valence-corrected chi connectivity index (χ0v) is 14.4. The van der Waals surface area contributed by atoms with Crippen LogP contribution in [0.2, 0.25) is 0 Å². The van der Waals surface area contributed by atoms with Crippen LogP contribution < -0.4 is 10.1 Å². The van der Waals surface area contributed by atoms with Gasteiger partial charge in [0, 0.05) is 23.4 Å². The maximum Gasteiger partial charge on any atom is 0.376 e. The Morgan fingerprint density at radius 2 is 1.74 bits per heavy atom. The van der Waals surface area contributed by atoms with Crippen molar-refractivity contribution in [3.8, 4) is 5.75 Å². The zero-order valence-electron chi connectivity index (χ0n) is 14.4. The Hall–Kier alpha value is -3.87. The first-order valence-corrected chi connectivity index (χ1v) is 7.80. The van der Waals surface area contributed by atoms with E-state index in [1.54, 1.807) is 49.6 Å². The highest BCUT2D eigenvalue weighted by Gasteiger charge is 2.11. The van der Waals surface area contributed by atoms with Gasteiger partial charge in [-0.15, -0.1) is 0 Å². The third kappa shape index (κ3) is 5.86. The van der Waals surface area contributed by atoms with Crippen molar-refractivity contribution in [3.05, 3.63) is 71.8 Å². The van der Waals surface area contributed by atoms with Crippen molar-refractivity contribution < 1.29 is 29.3 Å². The molecule has 7 nitrogen and oxygen atoms in total. The maximum absolute atomic E-state index is 12.0. The molecule has 0 atom stereocenters. The van der Waals surface area contributed by atoms with Crippen LogP contribution in [0.1, 0.15) is 11.1 Å². The lowest BCUT2D eigenvalue weighted by Crippen LogP contribution is -2.10. The van der Waals surface area contributed by atoms with Crippen LogP contribution in [0, 0.1) is 0 Å². The van der Waals surface area contributed by atoms with Crippen LogP contribution in [0.3, 0.4) is 0 Å². The van der Waals surface area contributed by atoms with Crippen molar-refractivity contribution >= 4 is 35.2 Å². The molecule has 2 aromatic carbocycles. The molecule has 0 saturated carbocycles. The molecule has 0 spiro atoms. The van der Waals surface area contributed by atoms with Gasteiger partial charge in [0.2, 0.25) is 5.91 Å². The van der Waals surface area contributed by atoms with Crippen LogP contribution in [0.15, 0.2) is 60.7 Å². The first kappa shape index (κ1) is 19.5. The van der Waals surface area contributed by atoms with Gasteiger partial charge >= 0.3 is 5.97 Å². The molecule has 0 aliphatic rings. The second-order valence-corrected chi connectivity index (χ2v) is 5.38. The molecule has 2 rings (SSSR count). The Kier molecular flexibility index (Phi) is 6.49. The quantitative estimate of drug-likeness (QED) is 0.394. The van der Waals surface area contributed by atoms with E-state index in [-0.39, 0.29) is 5.56 Å². The van der Waals surface area contributed by atoms with Crippen LogP contribution in [0.4, 0.5) is 5.69 Å². The SMILES string of the molecule is COc1ccc(/C=C/C(=O)Nc2cccc(/C(O)=C\C(=O)C(=O)O)c2)cc1. The van der Waals surface area contributed by atoms with Crippen LogP contribution in [-0.4, -0.2) is 35.0 Å². The summed E-state index contributed by atoms with van der Waals surface area (Å²) in [5.41, 5.74) is 1.38. The van der Waals surface area contributed by atoms with Gasteiger partial charge in [-0.2, -0.15) is 0 Å². The minimum absolute atomic E-state index is 0.196. The molecular weight excluding hydrogens is 350 g/mol. The standard InChI is InChI=1S/C20H17NO6/c1-27-16-8-5-13(6-9-16)7-10-19(24)21-15-4-2-3-14(11-15)17(22)12-18(23)20(25)26/h2-12,22H,1H3,(H,21,24)(H,25,26)/b10-7+,17-12+. The van der Waals surface area contributed by atoms with Crippen molar-refractivity contribution in [2.45, 2.75) is 0 Å². The molecule has 0 saturated heterocycles. The summed E-state index contributed by atoms with van der Waals surface area (Å²) in [6, 6.07) is 13.2. The second kappa shape index (κ2) is 9.00. The van der Waals surface area contributed by atoms with Crippen molar-refractivity contribution in [2.24, 2.45) is 0 Å². The molecule has 27 heavy (non-hydrogen) atoms. The molecule has 1 amide bonds. The molecule has 0 aromatic heterocycles. The average Bonchev–Trinajstić information content (AvgIpc) is 2.66. The number of benzene rings is 2. The lowest BCUT2D eigenvalue weighted by atomic mass is 10.1. The highest BCUT2D eigenvalue weighted by molar-refractivity contribution is 6.38. The fourth-order valence-electron chi connectivity index (χ4n) is 2.10. The fraction of sp³-hybridized carbons (Fsp3) is 0.0500.